The van der Waals surface area contributed by atoms with Crippen LogP contribution in [0.2, 0.25) is 10.0 Å². The Labute approximate surface area is 172 Å². The number of aliphatic carboxylic acids is 1. The normalized spacial score (nSPS) is 17.1. The lowest BCUT2D eigenvalue weighted by molar-refractivity contribution is -0.141. The van der Waals surface area contributed by atoms with Crippen molar-refractivity contribution in [3.63, 3.8) is 0 Å². The molecule has 144 valence electrons. The zero-order valence-corrected chi connectivity index (χ0v) is 16.8. The zero-order valence-electron chi connectivity index (χ0n) is 15.3. The van der Waals surface area contributed by atoms with Crippen molar-refractivity contribution in [1.82, 2.24) is 9.97 Å². The van der Waals surface area contributed by atoms with Crippen LogP contribution in [0.1, 0.15) is 18.4 Å². The van der Waals surface area contributed by atoms with Crippen molar-refractivity contribution in [3.8, 4) is 11.1 Å². The van der Waals surface area contributed by atoms with E-state index in [-0.39, 0.29) is 0 Å². The molecule has 3 aromatic rings. The van der Waals surface area contributed by atoms with E-state index in [1.54, 1.807) is 6.07 Å². The predicted octanol–water partition coefficient (Wildman–Crippen LogP) is 5.21. The topological polar surface area (TPSA) is 66.3 Å². The van der Waals surface area contributed by atoms with Crippen molar-refractivity contribution in [2.24, 2.45) is 5.92 Å². The second kappa shape index (κ2) is 7.57. The predicted molar refractivity (Wildman–Crippen MR) is 112 cm³/mol. The fourth-order valence-electron chi connectivity index (χ4n) is 3.87. The highest BCUT2D eigenvalue weighted by Crippen LogP contribution is 2.39. The number of carboxylic acid groups (broad SMARTS) is 1. The Bertz CT molecular complexity index is 1070. The monoisotopic (exact) mass is 415 g/mol. The van der Waals surface area contributed by atoms with Gasteiger partial charge in [0.2, 0.25) is 0 Å². The summed E-state index contributed by atoms with van der Waals surface area (Å²) in [6.45, 7) is 3.24. The van der Waals surface area contributed by atoms with Crippen molar-refractivity contribution in [2.75, 3.05) is 18.0 Å². The molecule has 2 aromatic carbocycles. The smallest absolute Gasteiger partial charge is 0.308 e. The van der Waals surface area contributed by atoms with E-state index in [0.29, 0.717) is 23.0 Å². The van der Waals surface area contributed by atoms with Gasteiger partial charge in [0, 0.05) is 13.1 Å². The van der Waals surface area contributed by atoms with Gasteiger partial charge in [0.05, 0.1) is 26.9 Å². The van der Waals surface area contributed by atoms with Gasteiger partial charge in [0.25, 0.3) is 0 Å². The van der Waals surface area contributed by atoms with Gasteiger partial charge in [0.15, 0.2) is 0 Å². The van der Waals surface area contributed by atoms with E-state index in [1.165, 1.54) is 6.33 Å². The lowest BCUT2D eigenvalue weighted by Crippen LogP contribution is -2.39. The van der Waals surface area contributed by atoms with E-state index < -0.39 is 11.9 Å². The summed E-state index contributed by atoms with van der Waals surface area (Å²) in [5.74, 6) is -0.387. The SMILES string of the molecule is Cc1ccc2ncnc(N3CCCC(C(=O)O)C3)c2c1-c1ccc(Cl)c(Cl)c1. The average Bonchev–Trinajstić information content (AvgIpc) is 2.70. The minimum atomic E-state index is -0.760. The maximum Gasteiger partial charge on any atom is 0.308 e. The Balaban J connectivity index is 1.92. The lowest BCUT2D eigenvalue weighted by Gasteiger charge is -2.32. The Hall–Kier alpha value is -2.37. The molecule has 1 aliphatic heterocycles. The van der Waals surface area contributed by atoms with Gasteiger partial charge >= 0.3 is 5.97 Å². The van der Waals surface area contributed by atoms with E-state index in [4.69, 9.17) is 23.2 Å². The molecule has 1 atom stereocenters. The van der Waals surface area contributed by atoms with Crippen LogP contribution in [0.5, 0.6) is 0 Å². The number of aromatic nitrogens is 2. The zero-order chi connectivity index (χ0) is 19.8. The van der Waals surface area contributed by atoms with Crippen molar-refractivity contribution in [3.05, 3.63) is 52.3 Å². The molecule has 5 nitrogen and oxygen atoms in total. The van der Waals surface area contributed by atoms with Gasteiger partial charge in [-0.2, -0.15) is 0 Å². The number of halogens is 2. The summed E-state index contributed by atoms with van der Waals surface area (Å²) >= 11 is 12.4. The third-order valence-corrected chi connectivity index (χ3v) is 6.01. The molecular weight excluding hydrogens is 397 g/mol. The molecule has 1 fully saturated rings. The first-order chi connectivity index (χ1) is 13.5. The van der Waals surface area contributed by atoms with Gasteiger partial charge in [-0.1, -0.05) is 35.3 Å². The van der Waals surface area contributed by atoms with Crippen LogP contribution in [0.25, 0.3) is 22.0 Å². The van der Waals surface area contributed by atoms with Gasteiger partial charge in [-0.05, 0) is 54.7 Å². The first-order valence-corrected chi connectivity index (χ1v) is 9.89. The molecule has 0 aliphatic carbocycles. The third-order valence-electron chi connectivity index (χ3n) is 5.27. The Kier molecular flexibility index (Phi) is 5.13. The first-order valence-electron chi connectivity index (χ1n) is 9.13. The molecule has 1 aromatic heterocycles. The molecular formula is C21H19Cl2N3O2. The molecule has 7 heteroatoms. The van der Waals surface area contributed by atoms with Crippen molar-refractivity contribution >= 4 is 45.9 Å². The molecule has 4 rings (SSSR count). The highest BCUT2D eigenvalue weighted by Gasteiger charge is 2.28. The highest BCUT2D eigenvalue weighted by molar-refractivity contribution is 6.42. The second-order valence-corrected chi connectivity index (χ2v) is 7.92. The Morgan fingerprint density at radius 1 is 1.18 bits per heavy atom. The van der Waals surface area contributed by atoms with Gasteiger partial charge in [-0.15, -0.1) is 0 Å². The van der Waals surface area contributed by atoms with Crippen LogP contribution in [0.3, 0.4) is 0 Å². The quantitative estimate of drug-likeness (QED) is 0.635. The molecule has 0 bridgehead atoms. The number of carboxylic acids is 1. The number of hydrogen-bond acceptors (Lipinski definition) is 4. The first kappa shape index (κ1) is 19.0. The van der Waals surface area contributed by atoms with E-state index in [2.05, 4.69) is 14.9 Å². The van der Waals surface area contributed by atoms with Gasteiger partial charge in [-0.3, -0.25) is 4.79 Å². The number of rotatable bonds is 3. The summed E-state index contributed by atoms with van der Waals surface area (Å²) in [6, 6.07) is 9.55. The Morgan fingerprint density at radius 2 is 2.00 bits per heavy atom. The maximum absolute atomic E-state index is 11.5. The number of piperidine rings is 1. The molecule has 0 radical (unpaired) electrons. The summed E-state index contributed by atoms with van der Waals surface area (Å²) in [7, 11) is 0. The van der Waals surface area contributed by atoms with Gasteiger partial charge in [-0.25, -0.2) is 9.97 Å². The summed E-state index contributed by atoms with van der Waals surface area (Å²) in [6.07, 6.45) is 3.04. The van der Waals surface area contributed by atoms with Crippen LogP contribution >= 0.6 is 23.2 Å². The van der Waals surface area contributed by atoms with Crippen molar-refractivity contribution in [2.45, 2.75) is 19.8 Å². The fourth-order valence-corrected chi connectivity index (χ4v) is 4.17. The third kappa shape index (κ3) is 3.40. The van der Waals surface area contributed by atoms with Gasteiger partial charge < -0.3 is 10.0 Å². The Morgan fingerprint density at radius 3 is 2.75 bits per heavy atom. The molecule has 2 heterocycles. The summed E-state index contributed by atoms with van der Waals surface area (Å²) < 4.78 is 0. The lowest BCUT2D eigenvalue weighted by atomic mass is 9.94. The number of carbonyl (C=O) groups is 1. The molecule has 28 heavy (non-hydrogen) atoms. The molecule has 1 unspecified atom stereocenters. The van der Waals surface area contributed by atoms with E-state index in [1.807, 2.05) is 31.2 Å². The standard InChI is InChI=1S/C21H19Cl2N3O2/c1-12-4-7-17-19(18(12)13-5-6-15(22)16(23)9-13)20(25-11-24-17)26-8-2-3-14(10-26)21(27)28/h4-7,9,11,14H,2-3,8,10H2,1H3,(H,27,28). The molecule has 0 amide bonds. The van der Waals surface area contributed by atoms with Crippen LogP contribution in [0, 0.1) is 12.8 Å². The van der Waals surface area contributed by atoms with E-state index in [0.717, 1.165) is 46.4 Å². The van der Waals surface area contributed by atoms with Crippen molar-refractivity contribution < 1.29 is 9.90 Å². The molecule has 0 saturated carbocycles. The molecule has 0 spiro atoms. The summed E-state index contributed by atoms with van der Waals surface area (Å²) in [4.78, 5) is 22.6. The fraction of sp³-hybridized carbons (Fsp3) is 0.286. The maximum atomic E-state index is 11.5. The highest BCUT2D eigenvalue weighted by atomic mass is 35.5. The van der Waals surface area contributed by atoms with Crippen LogP contribution in [0.15, 0.2) is 36.7 Å². The van der Waals surface area contributed by atoms with E-state index >= 15 is 0 Å². The molecule has 1 aliphatic rings. The molecule has 1 saturated heterocycles. The van der Waals surface area contributed by atoms with Gasteiger partial charge in [0.1, 0.15) is 12.1 Å². The van der Waals surface area contributed by atoms with Crippen LogP contribution < -0.4 is 4.90 Å². The van der Waals surface area contributed by atoms with Crippen LogP contribution in [-0.4, -0.2) is 34.1 Å². The number of fused-ring (bicyclic) bond motifs is 1. The summed E-state index contributed by atoms with van der Waals surface area (Å²) in [5.41, 5.74) is 3.80. The minimum Gasteiger partial charge on any atom is -0.481 e. The number of benzene rings is 2. The average molecular weight is 416 g/mol. The largest absolute Gasteiger partial charge is 0.481 e. The summed E-state index contributed by atoms with van der Waals surface area (Å²) in [5, 5.41) is 11.4. The number of anilines is 1. The number of nitrogens with zero attached hydrogens (tertiary/aromatic N) is 3. The number of hydrogen-bond donors (Lipinski definition) is 1. The van der Waals surface area contributed by atoms with Crippen molar-refractivity contribution in [1.29, 1.82) is 0 Å². The second-order valence-electron chi connectivity index (χ2n) is 7.10. The molecule has 1 N–H and O–H groups in total. The minimum absolute atomic E-state index is 0.392. The van der Waals surface area contributed by atoms with Crippen LogP contribution in [0.4, 0.5) is 5.82 Å². The van der Waals surface area contributed by atoms with E-state index in [9.17, 15) is 9.90 Å². The van der Waals surface area contributed by atoms with Crippen LogP contribution in [-0.2, 0) is 4.79 Å². The number of aryl methyl sites for hydroxylation is 1.